The molecule has 0 aliphatic carbocycles. The van der Waals surface area contributed by atoms with Crippen LogP contribution < -0.4 is 25.6 Å². The van der Waals surface area contributed by atoms with E-state index in [0.29, 0.717) is 12.6 Å². The van der Waals surface area contributed by atoms with Crippen molar-refractivity contribution in [3.8, 4) is 11.5 Å². The van der Waals surface area contributed by atoms with Crippen molar-refractivity contribution in [2.45, 2.75) is 52.1 Å². The van der Waals surface area contributed by atoms with E-state index in [2.05, 4.69) is 49.1 Å². The van der Waals surface area contributed by atoms with E-state index < -0.39 is 0 Å². The van der Waals surface area contributed by atoms with Crippen LogP contribution in [-0.2, 0) is 0 Å². The van der Waals surface area contributed by atoms with E-state index in [-0.39, 0.29) is 6.04 Å². The summed E-state index contributed by atoms with van der Waals surface area (Å²) >= 11 is 0. The summed E-state index contributed by atoms with van der Waals surface area (Å²) < 4.78 is 11.7. The van der Waals surface area contributed by atoms with E-state index in [0.717, 1.165) is 50.5 Å². The zero-order valence-electron chi connectivity index (χ0n) is 14.7. The van der Waals surface area contributed by atoms with E-state index in [1.807, 2.05) is 6.07 Å². The Morgan fingerprint density at radius 3 is 2.57 bits per heavy atom. The topological polar surface area (TPSA) is 54.5 Å². The summed E-state index contributed by atoms with van der Waals surface area (Å²) in [5.74, 6) is 1.70. The third-order valence-electron chi connectivity index (χ3n) is 3.99. The average molecular weight is 321 g/mol. The van der Waals surface area contributed by atoms with Gasteiger partial charge in [0.25, 0.3) is 0 Å². The van der Waals surface area contributed by atoms with Gasteiger partial charge in [0.05, 0.1) is 13.2 Å². The lowest BCUT2D eigenvalue weighted by atomic mass is 10.1. The van der Waals surface area contributed by atoms with Crippen LogP contribution >= 0.6 is 0 Å². The first-order valence-corrected chi connectivity index (χ1v) is 8.85. The van der Waals surface area contributed by atoms with Crippen LogP contribution in [0.25, 0.3) is 0 Å². The fourth-order valence-corrected chi connectivity index (χ4v) is 2.58. The van der Waals surface area contributed by atoms with Gasteiger partial charge in [0.2, 0.25) is 0 Å². The fourth-order valence-electron chi connectivity index (χ4n) is 2.58. The number of benzene rings is 1. The summed E-state index contributed by atoms with van der Waals surface area (Å²) in [4.78, 5) is 0. The van der Waals surface area contributed by atoms with Crippen molar-refractivity contribution in [2.75, 3.05) is 26.3 Å². The molecule has 0 radical (unpaired) electrons. The lowest BCUT2D eigenvalue weighted by Gasteiger charge is -2.19. The maximum Gasteiger partial charge on any atom is 0.161 e. The molecule has 1 aromatic carbocycles. The van der Waals surface area contributed by atoms with Gasteiger partial charge in [-0.3, -0.25) is 10.9 Å². The third kappa shape index (κ3) is 5.68. The van der Waals surface area contributed by atoms with E-state index in [4.69, 9.17) is 9.47 Å². The Bertz CT molecular complexity index is 462. The van der Waals surface area contributed by atoms with Gasteiger partial charge in [0.1, 0.15) is 0 Å². The summed E-state index contributed by atoms with van der Waals surface area (Å²) in [5, 5.41) is 3.59. The molecule has 0 saturated carbocycles. The minimum absolute atomic E-state index is 0.279. The highest BCUT2D eigenvalue weighted by Gasteiger charge is 2.16. The first-order valence-electron chi connectivity index (χ1n) is 8.85. The lowest BCUT2D eigenvalue weighted by molar-refractivity contribution is 0.268. The molecule has 1 aliphatic rings. The standard InChI is InChI=1S/C18H31N3O2/c1-4-10-22-17-7-6-15(12-18(17)23-11-5-2)14(3)19-13-16-8-9-20-21-16/h6-7,12,14,16,19-21H,4-5,8-11,13H2,1-3H3. The van der Waals surface area contributed by atoms with Gasteiger partial charge in [0.15, 0.2) is 11.5 Å². The Morgan fingerprint density at radius 1 is 1.17 bits per heavy atom. The van der Waals surface area contributed by atoms with Crippen molar-refractivity contribution in [3.63, 3.8) is 0 Å². The highest BCUT2D eigenvalue weighted by Crippen LogP contribution is 2.31. The third-order valence-corrected chi connectivity index (χ3v) is 3.99. The summed E-state index contributed by atoms with van der Waals surface area (Å²) in [7, 11) is 0. The van der Waals surface area contributed by atoms with Crippen LogP contribution in [0.3, 0.4) is 0 Å². The molecule has 1 fully saturated rings. The molecule has 3 N–H and O–H groups in total. The number of rotatable bonds is 10. The molecule has 5 heteroatoms. The summed E-state index contributed by atoms with van der Waals surface area (Å²) in [6.45, 7) is 9.84. The van der Waals surface area contributed by atoms with Gasteiger partial charge in [0, 0.05) is 25.2 Å². The van der Waals surface area contributed by atoms with Crippen LogP contribution in [0.5, 0.6) is 11.5 Å². The minimum Gasteiger partial charge on any atom is -0.490 e. The molecule has 0 amide bonds. The van der Waals surface area contributed by atoms with E-state index >= 15 is 0 Å². The van der Waals surface area contributed by atoms with Crippen LogP contribution in [0, 0.1) is 0 Å². The van der Waals surface area contributed by atoms with Gasteiger partial charge >= 0.3 is 0 Å². The molecule has 1 saturated heterocycles. The number of nitrogens with one attached hydrogen (secondary N) is 3. The van der Waals surface area contributed by atoms with Crippen LogP contribution in [-0.4, -0.2) is 32.3 Å². The molecule has 0 spiro atoms. The monoisotopic (exact) mass is 321 g/mol. The predicted molar refractivity (Wildman–Crippen MR) is 94.0 cm³/mol. The summed E-state index contributed by atoms with van der Waals surface area (Å²) in [6, 6.07) is 7.05. The Labute approximate surface area is 140 Å². The lowest BCUT2D eigenvalue weighted by Crippen LogP contribution is -2.38. The second-order valence-electron chi connectivity index (χ2n) is 6.09. The van der Waals surface area contributed by atoms with Crippen LogP contribution in [0.4, 0.5) is 0 Å². The molecule has 2 atom stereocenters. The summed E-state index contributed by atoms with van der Waals surface area (Å²) in [6.07, 6.45) is 3.15. The molecule has 0 bridgehead atoms. The van der Waals surface area contributed by atoms with Crippen LogP contribution in [0.2, 0.25) is 0 Å². The molecule has 2 rings (SSSR count). The van der Waals surface area contributed by atoms with Crippen molar-refractivity contribution in [2.24, 2.45) is 0 Å². The number of hydrazine groups is 1. The SMILES string of the molecule is CCCOc1ccc(C(C)NCC2CCNN2)cc1OCCC. The normalized spacial score (nSPS) is 18.8. The fraction of sp³-hybridized carbons (Fsp3) is 0.667. The smallest absolute Gasteiger partial charge is 0.161 e. The molecule has 1 aromatic rings. The Morgan fingerprint density at radius 2 is 1.91 bits per heavy atom. The van der Waals surface area contributed by atoms with Gasteiger partial charge in [-0.15, -0.1) is 0 Å². The Hall–Kier alpha value is -1.30. The number of ether oxygens (including phenoxy) is 2. The van der Waals surface area contributed by atoms with E-state index in [1.165, 1.54) is 5.56 Å². The van der Waals surface area contributed by atoms with Gasteiger partial charge < -0.3 is 14.8 Å². The van der Waals surface area contributed by atoms with Gasteiger partial charge in [-0.1, -0.05) is 19.9 Å². The minimum atomic E-state index is 0.279. The number of hydrogen-bond acceptors (Lipinski definition) is 5. The average Bonchev–Trinajstić information content (AvgIpc) is 3.09. The highest BCUT2D eigenvalue weighted by atomic mass is 16.5. The van der Waals surface area contributed by atoms with Crippen molar-refractivity contribution in [1.82, 2.24) is 16.2 Å². The zero-order chi connectivity index (χ0) is 16.5. The van der Waals surface area contributed by atoms with Crippen molar-refractivity contribution in [3.05, 3.63) is 23.8 Å². The van der Waals surface area contributed by atoms with E-state index in [9.17, 15) is 0 Å². The first kappa shape index (κ1) is 18.0. The molecule has 130 valence electrons. The molecular formula is C18H31N3O2. The molecule has 23 heavy (non-hydrogen) atoms. The van der Waals surface area contributed by atoms with Gasteiger partial charge in [-0.25, -0.2) is 0 Å². The van der Waals surface area contributed by atoms with E-state index in [1.54, 1.807) is 0 Å². The molecule has 1 aliphatic heterocycles. The quantitative estimate of drug-likeness (QED) is 0.619. The largest absolute Gasteiger partial charge is 0.490 e. The Balaban J connectivity index is 1.98. The van der Waals surface area contributed by atoms with Gasteiger partial charge in [-0.2, -0.15) is 0 Å². The molecule has 1 heterocycles. The second kappa shape index (κ2) is 9.75. The van der Waals surface area contributed by atoms with Crippen molar-refractivity contribution in [1.29, 1.82) is 0 Å². The molecule has 0 aromatic heterocycles. The summed E-state index contributed by atoms with van der Waals surface area (Å²) in [5.41, 5.74) is 7.67. The molecular weight excluding hydrogens is 290 g/mol. The van der Waals surface area contributed by atoms with Crippen molar-refractivity contribution < 1.29 is 9.47 Å². The second-order valence-corrected chi connectivity index (χ2v) is 6.09. The highest BCUT2D eigenvalue weighted by molar-refractivity contribution is 5.43. The molecule has 5 nitrogen and oxygen atoms in total. The zero-order valence-corrected chi connectivity index (χ0v) is 14.7. The van der Waals surface area contributed by atoms with Crippen molar-refractivity contribution >= 4 is 0 Å². The maximum absolute atomic E-state index is 5.88. The Kier molecular flexibility index (Phi) is 7.65. The predicted octanol–water partition coefficient (Wildman–Crippen LogP) is 2.78. The molecule has 2 unspecified atom stereocenters. The maximum atomic E-state index is 5.88. The van der Waals surface area contributed by atoms with Crippen LogP contribution in [0.15, 0.2) is 18.2 Å². The number of hydrogen-bond donors (Lipinski definition) is 3. The van der Waals surface area contributed by atoms with Gasteiger partial charge in [-0.05, 0) is 43.9 Å². The van der Waals surface area contributed by atoms with Crippen LogP contribution in [0.1, 0.15) is 51.6 Å². The first-order chi connectivity index (χ1) is 11.2.